The topological polar surface area (TPSA) is 56.9 Å². The third-order valence-corrected chi connectivity index (χ3v) is 1.76. The van der Waals surface area contributed by atoms with Gasteiger partial charge in [0.05, 0.1) is 5.59 Å². The van der Waals surface area contributed by atoms with Crippen molar-refractivity contribution in [2.45, 2.75) is 26.9 Å². The van der Waals surface area contributed by atoms with E-state index < -0.39 is 11.2 Å². The van der Waals surface area contributed by atoms with Gasteiger partial charge < -0.3 is 0 Å². The summed E-state index contributed by atoms with van der Waals surface area (Å²) >= 11 is 0. The van der Waals surface area contributed by atoms with E-state index in [9.17, 15) is 9.59 Å². The van der Waals surface area contributed by atoms with Gasteiger partial charge in [-0.25, -0.2) is 9.48 Å². The molecule has 0 atom stereocenters. The molecule has 0 spiro atoms. The molecule has 0 aliphatic carbocycles. The Hall–Kier alpha value is -1.33. The molecule has 0 saturated heterocycles. The molecule has 0 bridgehead atoms. The highest BCUT2D eigenvalue weighted by atomic mass is 16.2. The van der Waals surface area contributed by atoms with Gasteiger partial charge in [-0.1, -0.05) is 0 Å². The fourth-order valence-electron chi connectivity index (χ4n) is 1.06. The number of hydrogen-bond donors (Lipinski definition) is 0. The normalized spacial score (nSPS) is 10.3. The van der Waals surface area contributed by atoms with Crippen molar-refractivity contribution in [1.82, 2.24) is 14.3 Å². The highest BCUT2D eigenvalue weighted by Crippen LogP contribution is 1.70. The van der Waals surface area contributed by atoms with Crippen LogP contribution in [0.3, 0.4) is 0 Å². The van der Waals surface area contributed by atoms with Gasteiger partial charge in [-0.15, -0.1) is 0 Å². The van der Waals surface area contributed by atoms with Crippen LogP contribution in [-0.2, 0) is 13.1 Å². The number of aryl methyl sites for hydroxylation is 1. The Morgan fingerprint density at radius 3 is 2.38 bits per heavy atom. The average Bonchev–Trinajstić information content (AvgIpc) is 2.12. The van der Waals surface area contributed by atoms with Gasteiger partial charge in [0, 0.05) is 13.1 Å². The highest BCUT2D eigenvalue weighted by Gasteiger charge is 2.06. The molecular weight excluding hydrogens is 169 g/mol. The molecule has 5 nitrogen and oxygen atoms in total. The van der Waals surface area contributed by atoms with Crippen LogP contribution in [0.4, 0.5) is 0 Å². The van der Waals surface area contributed by atoms with Crippen molar-refractivity contribution in [3.05, 3.63) is 20.8 Å². The lowest BCUT2D eigenvalue weighted by atomic mass is 10.1. The fourth-order valence-corrected chi connectivity index (χ4v) is 1.06. The summed E-state index contributed by atoms with van der Waals surface area (Å²) in [5.41, 5.74) is -1.07. The van der Waals surface area contributed by atoms with Gasteiger partial charge in [0.1, 0.15) is 0 Å². The van der Waals surface area contributed by atoms with Gasteiger partial charge in [0.15, 0.2) is 7.85 Å². The third kappa shape index (κ3) is 1.56. The molecule has 68 valence electrons. The molecule has 2 radical (unpaired) electrons. The van der Waals surface area contributed by atoms with Crippen LogP contribution in [0.5, 0.6) is 0 Å². The summed E-state index contributed by atoms with van der Waals surface area (Å²) in [6, 6.07) is 0. The maximum atomic E-state index is 11.4. The predicted molar refractivity (Wildman–Crippen MR) is 49.5 cm³/mol. The van der Waals surface area contributed by atoms with Gasteiger partial charge in [0.25, 0.3) is 5.56 Å². The molecule has 1 aromatic rings. The minimum absolute atomic E-state index is 0.136. The molecule has 0 aromatic carbocycles. The molecule has 0 unspecified atom stereocenters. The summed E-state index contributed by atoms with van der Waals surface area (Å²) in [4.78, 5) is 22.7. The van der Waals surface area contributed by atoms with Crippen molar-refractivity contribution in [2.24, 2.45) is 0 Å². The van der Waals surface area contributed by atoms with Crippen molar-refractivity contribution in [1.29, 1.82) is 0 Å². The first-order valence-electron chi connectivity index (χ1n) is 4.09. The first-order chi connectivity index (χ1) is 6.11. The van der Waals surface area contributed by atoms with Crippen molar-refractivity contribution in [3.63, 3.8) is 0 Å². The molecule has 0 saturated carbocycles. The lowest BCUT2D eigenvalue weighted by Gasteiger charge is -2.06. The second-order valence-electron chi connectivity index (χ2n) is 2.53. The van der Waals surface area contributed by atoms with Gasteiger partial charge >= 0.3 is 5.69 Å². The second-order valence-corrected chi connectivity index (χ2v) is 2.53. The van der Waals surface area contributed by atoms with Crippen molar-refractivity contribution >= 4 is 13.4 Å². The zero-order chi connectivity index (χ0) is 10.0. The molecule has 0 N–H and O–H groups in total. The van der Waals surface area contributed by atoms with E-state index in [1.54, 1.807) is 13.8 Å². The molecule has 0 aliphatic heterocycles. The zero-order valence-corrected chi connectivity index (χ0v) is 7.65. The standard InChI is InChI=1S/C7H10BN3O2/c1-3-10-6(12)5(8)9-11(4-2)7(10)13/h3-4H2,1-2H3. The number of nitrogens with zero attached hydrogens (tertiary/aromatic N) is 3. The molecule has 13 heavy (non-hydrogen) atoms. The fraction of sp³-hybridized carbons (Fsp3) is 0.571. The van der Waals surface area contributed by atoms with Gasteiger partial charge in [-0.2, -0.15) is 5.10 Å². The van der Waals surface area contributed by atoms with Crippen LogP contribution in [0.1, 0.15) is 13.8 Å². The Balaban J connectivity index is 3.58. The summed E-state index contributed by atoms with van der Waals surface area (Å²) in [5.74, 6) is 0. The van der Waals surface area contributed by atoms with Crippen molar-refractivity contribution in [2.75, 3.05) is 0 Å². The summed E-state index contributed by atoms with van der Waals surface area (Å²) in [7, 11) is 5.34. The summed E-state index contributed by atoms with van der Waals surface area (Å²) in [6.07, 6.45) is 0. The van der Waals surface area contributed by atoms with E-state index in [0.717, 1.165) is 4.57 Å². The molecule has 1 aromatic heterocycles. The second kappa shape index (κ2) is 3.59. The summed E-state index contributed by atoms with van der Waals surface area (Å²) < 4.78 is 2.23. The van der Waals surface area contributed by atoms with E-state index in [2.05, 4.69) is 5.10 Å². The summed E-state index contributed by atoms with van der Waals surface area (Å²) in [5, 5.41) is 3.65. The highest BCUT2D eigenvalue weighted by molar-refractivity contribution is 6.30. The number of hydrogen-bond acceptors (Lipinski definition) is 3. The quantitative estimate of drug-likeness (QED) is 0.505. The first-order valence-corrected chi connectivity index (χ1v) is 4.09. The lowest BCUT2D eigenvalue weighted by Crippen LogP contribution is -2.49. The van der Waals surface area contributed by atoms with Crippen LogP contribution in [0.2, 0.25) is 0 Å². The largest absolute Gasteiger partial charge is 0.347 e. The monoisotopic (exact) mass is 179 g/mol. The maximum absolute atomic E-state index is 11.4. The third-order valence-electron chi connectivity index (χ3n) is 1.76. The average molecular weight is 179 g/mol. The molecule has 0 fully saturated rings. The Kier molecular flexibility index (Phi) is 2.70. The van der Waals surface area contributed by atoms with E-state index in [-0.39, 0.29) is 5.59 Å². The molecule has 0 aliphatic rings. The van der Waals surface area contributed by atoms with Gasteiger partial charge in [-0.3, -0.25) is 9.36 Å². The van der Waals surface area contributed by atoms with Crippen LogP contribution in [-0.4, -0.2) is 22.2 Å². The number of aromatic nitrogens is 3. The Bertz CT molecular complexity index is 421. The van der Waals surface area contributed by atoms with E-state index in [4.69, 9.17) is 7.85 Å². The van der Waals surface area contributed by atoms with Crippen molar-refractivity contribution in [3.8, 4) is 0 Å². The van der Waals surface area contributed by atoms with E-state index in [1.807, 2.05) is 0 Å². The van der Waals surface area contributed by atoms with E-state index in [1.165, 1.54) is 4.68 Å². The maximum Gasteiger partial charge on any atom is 0.347 e. The molecule has 1 heterocycles. The zero-order valence-electron chi connectivity index (χ0n) is 7.65. The SMILES string of the molecule is [B]c1nn(CC)c(=O)n(CC)c1=O. The van der Waals surface area contributed by atoms with Crippen LogP contribution >= 0.6 is 0 Å². The molecule has 1 rings (SSSR count). The predicted octanol–water partition coefficient (Wildman–Crippen LogP) is -1.76. The van der Waals surface area contributed by atoms with Gasteiger partial charge in [-0.05, 0) is 13.8 Å². The van der Waals surface area contributed by atoms with Gasteiger partial charge in [0.2, 0.25) is 0 Å². The van der Waals surface area contributed by atoms with E-state index in [0.29, 0.717) is 13.1 Å². The van der Waals surface area contributed by atoms with Crippen LogP contribution in [0, 0.1) is 0 Å². The Morgan fingerprint density at radius 1 is 1.31 bits per heavy atom. The van der Waals surface area contributed by atoms with Crippen LogP contribution < -0.4 is 16.8 Å². The Labute approximate surface area is 76.4 Å². The molecule has 0 amide bonds. The minimum Gasteiger partial charge on any atom is -0.268 e. The first kappa shape index (κ1) is 9.76. The smallest absolute Gasteiger partial charge is 0.268 e. The minimum atomic E-state index is -0.516. The van der Waals surface area contributed by atoms with Crippen LogP contribution in [0.25, 0.3) is 0 Å². The Morgan fingerprint density at radius 2 is 1.92 bits per heavy atom. The lowest BCUT2D eigenvalue weighted by molar-refractivity contribution is 0.530. The molecular formula is C7H10BN3O2. The summed E-state index contributed by atoms with van der Waals surface area (Å²) in [6.45, 7) is 4.19. The van der Waals surface area contributed by atoms with E-state index >= 15 is 0 Å². The number of rotatable bonds is 2. The van der Waals surface area contributed by atoms with Crippen LogP contribution in [0.15, 0.2) is 9.59 Å². The molecule has 6 heteroatoms. The van der Waals surface area contributed by atoms with Crippen molar-refractivity contribution < 1.29 is 0 Å².